The van der Waals surface area contributed by atoms with Crippen molar-refractivity contribution >= 4 is 0 Å². The zero-order valence-corrected chi connectivity index (χ0v) is 10.1. The van der Waals surface area contributed by atoms with E-state index in [4.69, 9.17) is 14.2 Å². The lowest BCUT2D eigenvalue weighted by atomic mass is 10.2. The van der Waals surface area contributed by atoms with Crippen molar-refractivity contribution in [2.45, 2.75) is 13.8 Å². The van der Waals surface area contributed by atoms with Crippen LogP contribution in [-0.4, -0.2) is 27.4 Å². The summed E-state index contributed by atoms with van der Waals surface area (Å²) >= 11 is 0. The lowest BCUT2D eigenvalue weighted by Gasteiger charge is -2.03. The molecule has 3 nitrogen and oxygen atoms in total. The molecule has 15 heavy (non-hydrogen) atoms. The van der Waals surface area contributed by atoms with E-state index < -0.39 is 0 Å². The van der Waals surface area contributed by atoms with Crippen LogP contribution in [0, 0.1) is 11.8 Å². The molecule has 0 rings (SSSR count). The second-order valence-corrected chi connectivity index (χ2v) is 3.66. The van der Waals surface area contributed by atoms with Gasteiger partial charge in [0.05, 0.1) is 25.7 Å². The van der Waals surface area contributed by atoms with Gasteiger partial charge in [0.2, 0.25) is 0 Å². The van der Waals surface area contributed by atoms with Crippen LogP contribution in [0.3, 0.4) is 0 Å². The Morgan fingerprint density at radius 2 is 1.27 bits per heavy atom. The Balaban J connectivity index is 3.59. The molecule has 0 aromatic carbocycles. The highest BCUT2D eigenvalue weighted by Crippen LogP contribution is 2.00. The predicted molar refractivity (Wildman–Crippen MR) is 61.4 cm³/mol. The van der Waals surface area contributed by atoms with Gasteiger partial charge in [0.25, 0.3) is 0 Å². The first kappa shape index (κ1) is 14.2. The van der Waals surface area contributed by atoms with Crippen LogP contribution in [0.25, 0.3) is 0 Å². The van der Waals surface area contributed by atoms with Gasteiger partial charge in [-0.1, -0.05) is 13.8 Å². The quantitative estimate of drug-likeness (QED) is 0.581. The van der Waals surface area contributed by atoms with Crippen molar-refractivity contribution < 1.29 is 14.2 Å². The molecular weight excluding hydrogens is 192 g/mol. The van der Waals surface area contributed by atoms with Crippen LogP contribution in [0.5, 0.6) is 0 Å². The Morgan fingerprint density at radius 1 is 0.867 bits per heavy atom. The van der Waals surface area contributed by atoms with Crippen LogP contribution in [0.15, 0.2) is 24.7 Å². The summed E-state index contributed by atoms with van der Waals surface area (Å²) in [7, 11) is 3.38. The number of methoxy groups -OCH3 is 2. The maximum absolute atomic E-state index is 5.20. The second kappa shape index (κ2) is 9.74. The fourth-order valence-corrected chi connectivity index (χ4v) is 1.04. The first-order chi connectivity index (χ1) is 7.20. The van der Waals surface area contributed by atoms with Crippen LogP contribution in [0.4, 0.5) is 0 Å². The molecule has 0 aliphatic heterocycles. The lowest BCUT2D eigenvalue weighted by Crippen LogP contribution is -1.99. The van der Waals surface area contributed by atoms with Crippen LogP contribution >= 0.6 is 0 Å². The molecule has 0 bridgehead atoms. The third kappa shape index (κ3) is 9.50. The van der Waals surface area contributed by atoms with E-state index in [1.807, 2.05) is 12.2 Å². The largest absolute Gasteiger partial charge is 0.473 e. The highest BCUT2D eigenvalue weighted by molar-refractivity contribution is 4.85. The SMILES string of the molecule is COCC(C)C=COC=CC(C)COC. The highest BCUT2D eigenvalue weighted by Gasteiger charge is 1.94. The smallest absolute Gasteiger partial charge is 0.0864 e. The summed E-state index contributed by atoms with van der Waals surface area (Å²) < 4.78 is 15.2. The van der Waals surface area contributed by atoms with Gasteiger partial charge in [-0.2, -0.15) is 0 Å². The average molecular weight is 214 g/mol. The number of hydrogen-bond acceptors (Lipinski definition) is 3. The normalized spacial score (nSPS) is 16.0. The van der Waals surface area contributed by atoms with Gasteiger partial charge in [-0.3, -0.25) is 0 Å². The van der Waals surface area contributed by atoms with Gasteiger partial charge < -0.3 is 14.2 Å². The van der Waals surface area contributed by atoms with Gasteiger partial charge in [-0.05, 0) is 12.2 Å². The summed E-state index contributed by atoms with van der Waals surface area (Å²) in [6.07, 6.45) is 7.29. The van der Waals surface area contributed by atoms with Gasteiger partial charge >= 0.3 is 0 Å². The molecule has 0 saturated heterocycles. The fraction of sp³-hybridized carbons (Fsp3) is 0.667. The Hall–Kier alpha value is -0.800. The van der Waals surface area contributed by atoms with E-state index in [0.717, 1.165) is 0 Å². The van der Waals surface area contributed by atoms with Crippen molar-refractivity contribution in [1.82, 2.24) is 0 Å². The number of ether oxygens (including phenoxy) is 3. The third-order valence-electron chi connectivity index (χ3n) is 1.83. The molecule has 0 aromatic rings. The van der Waals surface area contributed by atoms with E-state index in [1.54, 1.807) is 26.7 Å². The minimum Gasteiger partial charge on any atom is -0.473 e. The molecule has 3 heteroatoms. The Bertz CT molecular complexity index is 167. The van der Waals surface area contributed by atoms with E-state index >= 15 is 0 Å². The fourth-order valence-electron chi connectivity index (χ4n) is 1.04. The molecule has 0 aliphatic rings. The Labute approximate surface area is 92.7 Å². The second-order valence-electron chi connectivity index (χ2n) is 3.66. The molecular formula is C12H22O3. The first-order valence-corrected chi connectivity index (χ1v) is 5.17. The van der Waals surface area contributed by atoms with Crippen molar-refractivity contribution in [2.75, 3.05) is 27.4 Å². The third-order valence-corrected chi connectivity index (χ3v) is 1.83. The first-order valence-electron chi connectivity index (χ1n) is 5.17. The van der Waals surface area contributed by atoms with Crippen molar-refractivity contribution in [3.8, 4) is 0 Å². The molecule has 2 unspecified atom stereocenters. The summed E-state index contributed by atoms with van der Waals surface area (Å²) in [5, 5.41) is 0. The summed E-state index contributed by atoms with van der Waals surface area (Å²) in [5.74, 6) is 0.750. The predicted octanol–water partition coefficient (Wildman–Crippen LogP) is 2.60. The van der Waals surface area contributed by atoms with Crippen molar-refractivity contribution in [1.29, 1.82) is 0 Å². The molecule has 2 atom stereocenters. The Morgan fingerprint density at radius 3 is 1.60 bits per heavy atom. The van der Waals surface area contributed by atoms with E-state index in [-0.39, 0.29) is 0 Å². The monoisotopic (exact) mass is 214 g/mol. The van der Waals surface area contributed by atoms with Gasteiger partial charge in [-0.25, -0.2) is 0 Å². The van der Waals surface area contributed by atoms with E-state index in [0.29, 0.717) is 25.0 Å². The standard InChI is InChI=1S/C12H22O3/c1-11(9-13-3)5-7-15-8-6-12(2)10-14-4/h5-8,11-12H,9-10H2,1-4H3. The molecule has 0 N–H and O–H groups in total. The van der Waals surface area contributed by atoms with Gasteiger partial charge in [0.1, 0.15) is 0 Å². The molecule has 0 aliphatic carbocycles. The summed E-state index contributed by atoms with van der Waals surface area (Å²) in [6.45, 7) is 5.56. The van der Waals surface area contributed by atoms with E-state index in [1.165, 1.54) is 0 Å². The minimum atomic E-state index is 0.375. The van der Waals surface area contributed by atoms with Gasteiger partial charge in [0, 0.05) is 26.1 Å². The zero-order valence-electron chi connectivity index (χ0n) is 10.1. The van der Waals surface area contributed by atoms with Crippen LogP contribution in [-0.2, 0) is 14.2 Å². The molecule has 0 spiro atoms. The van der Waals surface area contributed by atoms with Crippen molar-refractivity contribution in [2.24, 2.45) is 11.8 Å². The summed E-state index contributed by atoms with van der Waals surface area (Å²) in [6, 6.07) is 0. The van der Waals surface area contributed by atoms with E-state index in [9.17, 15) is 0 Å². The van der Waals surface area contributed by atoms with Crippen molar-refractivity contribution in [3.63, 3.8) is 0 Å². The van der Waals surface area contributed by atoms with Crippen LogP contribution in [0.1, 0.15) is 13.8 Å². The molecule has 0 fully saturated rings. The van der Waals surface area contributed by atoms with Crippen LogP contribution < -0.4 is 0 Å². The van der Waals surface area contributed by atoms with Gasteiger partial charge in [0.15, 0.2) is 0 Å². The molecule has 0 radical (unpaired) electrons. The molecule has 0 heterocycles. The minimum absolute atomic E-state index is 0.375. The van der Waals surface area contributed by atoms with Crippen LogP contribution in [0.2, 0.25) is 0 Å². The maximum Gasteiger partial charge on any atom is 0.0864 e. The molecule has 0 amide bonds. The Kier molecular flexibility index (Phi) is 9.22. The van der Waals surface area contributed by atoms with Crippen molar-refractivity contribution in [3.05, 3.63) is 24.7 Å². The van der Waals surface area contributed by atoms with E-state index in [2.05, 4.69) is 13.8 Å². The summed E-state index contributed by atoms with van der Waals surface area (Å²) in [4.78, 5) is 0. The van der Waals surface area contributed by atoms with Gasteiger partial charge in [-0.15, -0.1) is 0 Å². The number of hydrogen-bond donors (Lipinski definition) is 0. The lowest BCUT2D eigenvalue weighted by molar-refractivity contribution is 0.174. The molecule has 0 aromatic heterocycles. The molecule has 0 saturated carbocycles. The maximum atomic E-state index is 5.20. The number of rotatable bonds is 8. The highest BCUT2D eigenvalue weighted by atomic mass is 16.5. The zero-order chi connectivity index (χ0) is 11.5. The topological polar surface area (TPSA) is 27.7 Å². The molecule has 88 valence electrons. The summed E-state index contributed by atoms with van der Waals surface area (Å²) in [5.41, 5.74) is 0. The average Bonchev–Trinajstić information content (AvgIpc) is 2.18.